The molecule has 0 fully saturated rings. The van der Waals surface area contributed by atoms with Crippen LogP contribution in [0.5, 0.6) is 5.75 Å². The molecule has 2 nitrogen and oxygen atoms in total. The fourth-order valence-corrected chi connectivity index (χ4v) is 2.58. The van der Waals surface area contributed by atoms with Crippen LogP contribution in [-0.4, -0.2) is 20.7 Å². The second-order valence-corrected chi connectivity index (χ2v) is 5.20. The van der Waals surface area contributed by atoms with Crippen LogP contribution >= 0.6 is 0 Å². The molecule has 0 aliphatic carbocycles. The maximum Gasteiger partial charge on any atom is 0.168 e. The first-order valence-corrected chi connectivity index (χ1v) is 6.52. The normalized spacial score (nSPS) is 14.3. The zero-order chi connectivity index (χ0) is 13.6. The van der Waals surface area contributed by atoms with Gasteiger partial charge in [0.25, 0.3) is 0 Å². The van der Waals surface area contributed by atoms with Gasteiger partial charge in [-0.05, 0) is 36.9 Å². The van der Waals surface area contributed by atoms with Gasteiger partial charge in [-0.1, -0.05) is 32.4 Å². The molecule has 0 saturated heterocycles. The van der Waals surface area contributed by atoms with Gasteiger partial charge < -0.3 is 10.1 Å². The van der Waals surface area contributed by atoms with Crippen LogP contribution in [0, 0.1) is 11.2 Å². The Kier molecular flexibility index (Phi) is 5.60. The predicted molar refractivity (Wildman–Crippen MR) is 73.6 cm³/mol. The standard InChI is InChI=1S/C15H24FNO/c1-5-9-15(2,11-17-3)10-12-7-6-8-13(18-4)14(12)16/h6-8,17H,5,9-11H2,1-4H3. The molecule has 0 spiro atoms. The van der Waals surface area contributed by atoms with E-state index in [2.05, 4.69) is 19.2 Å². The lowest BCUT2D eigenvalue weighted by Crippen LogP contribution is -2.32. The number of benzene rings is 1. The third-order valence-corrected chi connectivity index (χ3v) is 3.34. The van der Waals surface area contributed by atoms with E-state index in [1.54, 1.807) is 6.07 Å². The quantitative estimate of drug-likeness (QED) is 0.804. The Morgan fingerprint density at radius 3 is 2.67 bits per heavy atom. The van der Waals surface area contributed by atoms with Gasteiger partial charge in [0.1, 0.15) is 0 Å². The average molecular weight is 253 g/mol. The SMILES string of the molecule is CCCC(C)(CNC)Cc1cccc(OC)c1F. The molecule has 0 amide bonds. The molecule has 1 rings (SSSR count). The molecule has 0 bridgehead atoms. The zero-order valence-electron chi connectivity index (χ0n) is 11.8. The number of ether oxygens (including phenoxy) is 1. The summed E-state index contributed by atoms with van der Waals surface area (Å²) in [6, 6.07) is 5.36. The van der Waals surface area contributed by atoms with Crippen LogP contribution in [0.1, 0.15) is 32.3 Å². The minimum Gasteiger partial charge on any atom is -0.494 e. The van der Waals surface area contributed by atoms with Crippen molar-refractivity contribution in [2.24, 2.45) is 5.41 Å². The Labute approximate surface area is 110 Å². The number of hydrogen-bond acceptors (Lipinski definition) is 2. The Bertz CT molecular complexity index is 373. The molecule has 3 heteroatoms. The second-order valence-electron chi connectivity index (χ2n) is 5.20. The van der Waals surface area contributed by atoms with Crippen molar-refractivity contribution in [3.63, 3.8) is 0 Å². The van der Waals surface area contributed by atoms with Crippen LogP contribution in [0.3, 0.4) is 0 Å². The van der Waals surface area contributed by atoms with Gasteiger partial charge in [0.05, 0.1) is 7.11 Å². The zero-order valence-corrected chi connectivity index (χ0v) is 11.8. The van der Waals surface area contributed by atoms with Crippen molar-refractivity contribution in [1.29, 1.82) is 0 Å². The molecule has 0 aromatic heterocycles. The summed E-state index contributed by atoms with van der Waals surface area (Å²) in [6.07, 6.45) is 2.90. The van der Waals surface area contributed by atoms with Crippen LogP contribution in [-0.2, 0) is 6.42 Å². The smallest absolute Gasteiger partial charge is 0.168 e. The number of hydrogen-bond donors (Lipinski definition) is 1. The number of nitrogens with one attached hydrogen (secondary N) is 1. The van der Waals surface area contributed by atoms with E-state index >= 15 is 0 Å². The third-order valence-electron chi connectivity index (χ3n) is 3.34. The van der Waals surface area contributed by atoms with E-state index in [1.807, 2.05) is 19.2 Å². The first-order valence-electron chi connectivity index (χ1n) is 6.52. The highest BCUT2D eigenvalue weighted by Gasteiger charge is 2.25. The highest BCUT2D eigenvalue weighted by Crippen LogP contribution is 2.30. The van der Waals surface area contributed by atoms with Gasteiger partial charge in [0.15, 0.2) is 11.6 Å². The topological polar surface area (TPSA) is 21.3 Å². The van der Waals surface area contributed by atoms with Crippen molar-refractivity contribution in [3.8, 4) is 5.75 Å². The lowest BCUT2D eigenvalue weighted by molar-refractivity contribution is 0.277. The van der Waals surface area contributed by atoms with Gasteiger partial charge in [-0.2, -0.15) is 0 Å². The molecule has 0 heterocycles. The van der Waals surface area contributed by atoms with Gasteiger partial charge in [0.2, 0.25) is 0 Å². The minimum absolute atomic E-state index is 0.0801. The maximum atomic E-state index is 14.1. The molecule has 1 aromatic rings. The number of rotatable bonds is 7. The van der Waals surface area contributed by atoms with Crippen molar-refractivity contribution in [1.82, 2.24) is 5.32 Å². The fraction of sp³-hybridized carbons (Fsp3) is 0.600. The van der Waals surface area contributed by atoms with Crippen LogP contribution in [0.4, 0.5) is 4.39 Å². The summed E-state index contributed by atoms with van der Waals surface area (Å²) in [4.78, 5) is 0. The van der Waals surface area contributed by atoms with E-state index < -0.39 is 0 Å². The predicted octanol–water partition coefficient (Wildman–Crippen LogP) is 3.40. The monoisotopic (exact) mass is 253 g/mol. The van der Waals surface area contributed by atoms with Gasteiger partial charge in [-0.3, -0.25) is 0 Å². The number of methoxy groups -OCH3 is 1. The van der Waals surface area contributed by atoms with Crippen molar-refractivity contribution in [2.45, 2.75) is 33.1 Å². The molecule has 0 saturated carbocycles. The summed E-state index contributed by atoms with van der Waals surface area (Å²) in [5, 5.41) is 3.21. The van der Waals surface area contributed by atoms with E-state index in [-0.39, 0.29) is 11.2 Å². The summed E-state index contributed by atoms with van der Waals surface area (Å²) in [5.74, 6) is 0.106. The molecule has 102 valence electrons. The van der Waals surface area contributed by atoms with E-state index in [1.165, 1.54) is 7.11 Å². The highest BCUT2D eigenvalue weighted by atomic mass is 19.1. The Balaban J connectivity index is 2.93. The van der Waals surface area contributed by atoms with E-state index in [4.69, 9.17) is 4.74 Å². The van der Waals surface area contributed by atoms with E-state index in [0.717, 1.165) is 31.4 Å². The van der Waals surface area contributed by atoms with Crippen molar-refractivity contribution >= 4 is 0 Å². The third kappa shape index (κ3) is 3.70. The minimum atomic E-state index is -0.224. The summed E-state index contributed by atoms with van der Waals surface area (Å²) in [6.45, 7) is 5.25. The first-order chi connectivity index (χ1) is 8.56. The summed E-state index contributed by atoms with van der Waals surface area (Å²) in [7, 11) is 3.44. The lowest BCUT2D eigenvalue weighted by Gasteiger charge is -2.29. The Morgan fingerprint density at radius 2 is 2.11 bits per heavy atom. The van der Waals surface area contributed by atoms with Crippen LogP contribution < -0.4 is 10.1 Å². The molecular formula is C15H24FNO. The average Bonchev–Trinajstić information content (AvgIpc) is 2.32. The van der Waals surface area contributed by atoms with Crippen molar-refractivity contribution in [2.75, 3.05) is 20.7 Å². The van der Waals surface area contributed by atoms with Crippen LogP contribution in [0.25, 0.3) is 0 Å². The van der Waals surface area contributed by atoms with E-state index in [0.29, 0.717) is 5.75 Å². The number of halogens is 1. The van der Waals surface area contributed by atoms with Crippen LogP contribution in [0.15, 0.2) is 18.2 Å². The summed E-state index contributed by atoms with van der Waals surface area (Å²) < 4.78 is 19.2. The lowest BCUT2D eigenvalue weighted by atomic mass is 9.79. The van der Waals surface area contributed by atoms with Crippen molar-refractivity contribution < 1.29 is 9.13 Å². The molecule has 1 atom stereocenters. The van der Waals surface area contributed by atoms with Gasteiger partial charge in [-0.15, -0.1) is 0 Å². The van der Waals surface area contributed by atoms with E-state index in [9.17, 15) is 4.39 Å². The van der Waals surface area contributed by atoms with Gasteiger partial charge in [0, 0.05) is 6.54 Å². The molecule has 18 heavy (non-hydrogen) atoms. The Morgan fingerprint density at radius 1 is 1.39 bits per heavy atom. The largest absolute Gasteiger partial charge is 0.494 e. The summed E-state index contributed by atoms with van der Waals surface area (Å²) in [5.41, 5.74) is 0.817. The second kappa shape index (κ2) is 6.74. The molecule has 1 N–H and O–H groups in total. The highest BCUT2D eigenvalue weighted by molar-refractivity contribution is 5.31. The summed E-state index contributed by atoms with van der Waals surface area (Å²) >= 11 is 0. The van der Waals surface area contributed by atoms with Crippen LogP contribution in [0.2, 0.25) is 0 Å². The molecule has 1 aromatic carbocycles. The Hall–Kier alpha value is -1.09. The maximum absolute atomic E-state index is 14.1. The van der Waals surface area contributed by atoms with Crippen molar-refractivity contribution in [3.05, 3.63) is 29.6 Å². The molecule has 0 radical (unpaired) electrons. The molecule has 0 aliphatic heterocycles. The molecule has 1 unspecified atom stereocenters. The fourth-order valence-electron chi connectivity index (χ4n) is 2.58. The molecule has 0 aliphatic rings. The van der Waals surface area contributed by atoms with Gasteiger partial charge in [-0.25, -0.2) is 4.39 Å². The first kappa shape index (κ1) is 15.0. The molecular weight excluding hydrogens is 229 g/mol. The van der Waals surface area contributed by atoms with Gasteiger partial charge >= 0.3 is 0 Å².